The molecule has 1 atom stereocenters. The number of primary amides is 1. The SMILES string of the molecule is CN(Cc1ccsc1)C(=O)c1ccc(N2CCCC(C(N)=O)C2)cc1. The minimum Gasteiger partial charge on any atom is -0.371 e. The van der Waals surface area contributed by atoms with E-state index in [0.717, 1.165) is 30.6 Å². The van der Waals surface area contributed by atoms with Crippen molar-refractivity contribution in [2.75, 3.05) is 25.0 Å². The van der Waals surface area contributed by atoms with Gasteiger partial charge in [0.25, 0.3) is 5.91 Å². The molecule has 1 unspecified atom stereocenters. The van der Waals surface area contributed by atoms with Gasteiger partial charge in [-0.25, -0.2) is 0 Å². The Balaban J connectivity index is 1.65. The van der Waals surface area contributed by atoms with E-state index in [1.165, 1.54) is 0 Å². The number of anilines is 1. The third kappa shape index (κ3) is 4.20. The predicted molar refractivity (Wildman–Crippen MR) is 101 cm³/mol. The molecule has 1 aliphatic rings. The number of piperidine rings is 1. The molecule has 6 heteroatoms. The molecule has 1 aromatic heterocycles. The third-order valence-corrected chi connectivity index (χ3v) is 5.38. The van der Waals surface area contributed by atoms with Crippen LogP contribution in [-0.2, 0) is 11.3 Å². The maximum absolute atomic E-state index is 12.6. The molecule has 5 nitrogen and oxygen atoms in total. The molecule has 1 aliphatic heterocycles. The maximum Gasteiger partial charge on any atom is 0.253 e. The molecule has 2 amide bonds. The normalized spacial score (nSPS) is 17.3. The lowest BCUT2D eigenvalue weighted by Gasteiger charge is -2.33. The fourth-order valence-electron chi connectivity index (χ4n) is 3.21. The molecule has 0 spiro atoms. The minimum atomic E-state index is -0.230. The lowest BCUT2D eigenvalue weighted by Crippen LogP contribution is -2.41. The van der Waals surface area contributed by atoms with Crippen LogP contribution >= 0.6 is 11.3 Å². The average molecular weight is 357 g/mol. The van der Waals surface area contributed by atoms with Crippen molar-refractivity contribution >= 4 is 28.8 Å². The number of hydrogen-bond donors (Lipinski definition) is 1. The van der Waals surface area contributed by atoms with Gasteiger partial charge in [0.2, 0.25) is 5.91 Å². The van der Waals surface area contributed by atoms with Crippen LogP contribution in [0.1, 0.15) is 28.8 Å². The Kier molecular flexibility index (Phi) is 5.38. The molecule has 2 aromatic rings. The zero-order valence-corrected chi connectivity index (χ0v) is 15.2. The van der Waals surface area contributed by atoms with Crippen molar-refractivity contribution < 1.29 is 9.59 Å². The Labute approximate surface area is 152 Å². The van der Waals surface area contributed by atoms with Gasteiger partial charge < -0.3 is 15.5 Å². The highest BCUT2D eigenvalue weighted by molar-refractivity contribution is 7.07. The molecule has 3 rings (SSSR count). The molecule has 2 heterocycles. The first-order valence-electron chi connectivity index (χ1n) is 8.45. The summed E-state index contributed by atoms with van der Waals surface area (Å²) < 4.78 is 0. The smallest absolute Gasteiger partial charge is 0.253 e. The Morgan fingerprint density at radius 2 is 2.04 bits per heavy atom. The van der Waals surface area contributed by atoms with Crippen molar-refractivity contribution in [1.29, 1.82) is 0 Å². The van der Waals surface area contributed by atoms with Gasteiger partial charge in [-0.3, -0.25) is 9.59 Å². The first-order valence-corrected chi connectivity index (χ1v) is 9.40. The summed E-state index contributed by atoms with van der Waals surface area (Å²) in [5.41, 5.74) is 8.29. The van der Waals surface area contributed by atoms with Gasteiger partial charge in [0, 0.05) is 37.9 Å². The van der Waals surface area contributed by atoms with Gasteiger partial charge in [0.1, 0.15) is 0 Å². The number of benzene rings is 1. The zero-order valence-electron chi connectivity index (χ0n) is 14.4. The van der Waals surface area contributed by atoms with E-state index in [4.69, 9.17) is 5.73 Å². The second-order valence-corrected chi connectivity index (χ2v) is 7.31. The van der Waals surface area contributed by atoms with Crippen LogP contribution in [0.15, 0.2) is 41.1 Å². The topological polar surface area (TPSA) is 66.6 Å². The third-order valence-electron chi connectivity index (χ3n) is 4.65. The Hall–Kier alpha value is -2.34. The van der Waals surface area contributed by atoms with Gasteiger partial charge in [-0.05, 0) is 59.5 Å². The van der Waals surface area contributed by atoms with Crippen molar-refractivity contribution in [3.05, 3.63) is 52.2 Å². The van der Waals surface area contributed by atoms with Crippen molar-refractivity contribution in [1.82, 2.24) is 4.90 Å². The number of nitrogens with zero attached hydrogens (tertiary/aromatic N) is 2. The first kappa shape index (κ1) is 17.5. The van der Waals surface area contributed by atoms with Crippen molar-refractivity contribution in [2.45, 2.75) is 19.4 Å². The summed E-state index contributed by atoms with van der Waals surface area (Å²) in [7, 11) is 1.82. The molecule has 2 N–H and O–H groups in total. The van der Waals surface area contributed by atoms with E-state index in [0.29, 0.717) is 18.7 Å². The first-order chi connectivity index (χ1) is 12.0. The Morgan fingerprint density at radius 1 is 1.28 bits per heavy atom. The Morgan fingerprint density at radius 3 is 2.68 bits per heavy atom. The van der Waals surface area contributed by atoms with Crippen LogP contribution in [0.5, 0.6) is 0 Å². The molecule has 25 heavy (non-hydrogen) atoms. The largest absolute Gasteiger partial charge is 0.371 e. The average Bonchev–Trinajstić information content (AvgIpc) is 3.14. The van der Waals surface area contributed by atoms with Crippen LogP contribution < -0.4 is 10.6 Å². The number of rotatable bonds is 5. The molecular formula is C19H23N3O2S. The van der Waals surface area contributed by atoms with E-state index < -0.39 is 0 Å². The quantitative estimate of drug-likeness (QED) is 0.895. The van der Waals surface area contributed by atoms with E-state index in [1.54, 1.807) is 16.2 Å². The summed E-state index contributed by atoms with van der Waals surface area (Å²) >= 11 is 1.63. The molecule has 0 radical (unpaired) electrons. The monoisotopic (exact) mass is 357 g/mol. The van der Waals surface area contributed by atoms with E-state index in [-0.39, 0.29) is 17.7 Å². The highest BCUT2D eigenvalue weighted by Gasteiger charge is 2.24. The second-order valence-electron chi connectivity index (χ2n) is 6.53. The van der Waals surface area contributed by atoms with E-state index >= 15 is 0 Å². The molecule has 1 saturated heterocycles. The molecule has 1 aromatic carbocycles. The van der Waals surface area contributed by atoms with E-state index in [2.05, 4.69) is 10.3 Å². The van der Waals surface area contributed by atoms with Crippen molar-refractivity contribution in [2.24, 2.45) is 11.7 Å². The summed E-state index contributed by atoms with van der Waals surface area (Å²) in [5.74, 6) is -0.315. The van der Waals surface area contributed by atoms with Gasteiger partial charge in [0.05, 0.1) is 5.92 Å². The standard InChI is InChI=1S/C19H23N3O2S/c1-21(11-14-8-10-25-13-14)19(24)15-4-6-17(7-5-15)22-9-2-3-16(12-22)18(20)23/h4-8,10,13,16H,2-3,9,11-12H2,1H3,(H2,20,23). The summed E-state index contributed by atoms with van der Waals surface area (Å²) in [4.78, 5) is 27.9. The lowest BCUT2D eigenvalue weighted by molar-refractivity contribution is -0.122. The van der Waals surface area contributed by atoms with Gasteiger partial charge in [-0.15, -0.1) is 0 Å². The van der Waals surface area contributed by atoms with Crippen LogP contribution in [0.3, 0.4) is 0 Å². The number of carbonyl (C=O) groups excluding carboxylic acids is 2. The highest BCUT2D eigenvalue weighted by Crippen LogP contribution is 2.24. The van der Waals surface area contributed by atoms with Crippen molar-refractivity contribution in [3.63, 3.8) is 0 Å². The van der Waals surface area contributed by atoms with Crippen LogP contribution in [0.4, 0.5) is 5.69 Å². The maximum atomic E-state index is 12.6. The van der Waals surface area contributed by atoms with Crippen LogP contribution in [0, 0.1) is 5.92 Å². The van der Waals surface area contributed by atoms with Gasteiger partial charge in [-0.1, -0.05) is 0 Å². The van der Waals surface area contributed by atoms with E-state index in [9.17, 15) is 9.59 Å². The summed E-state index contributed by atoms with van der Waals surface area (Å²) in [6.45, 7) is 2.17. The molecule has 132 valence electrons. The van der Waals surface area contributed by atoms with Crippen LogP contribution in [0.2, 0.25) is 0 Å². The fraction of sp³-hybridized carbons (Fsp3) is 0.368. The number of thiophene rings is 1. The van der Waals surface area contributed by atoms with Gasteiger partial charge in [-0.2, -0.15) is 11.3 Å². The molecule has 1 fully saturated rings. The van der Waals surface area contributed by atoms with Crippen molar-refractivity contribution in [3.8, 4) is 0 Å². The second kappa shape index (κ2) is 7.70. The number of nitrogens with two attached hydrogens (primary N) is 1. The summed E-state index contributed by atoms with van der Waals surface area (Å²) in [6, 6.07) is 9.65. The highest BCUT2D eigenvalue weighted by atomic mass is 32.1. The molecule has 0 aliphatic carbocycles. The number of amides is 2. The molecule has 0 bridgehead atoms. The van der Waals surface area contributed by atoms with E-state index in [1.807, 2.05) is 42.8 Å². The minimum absolute atomic E-state index is 0.00593. The summed E-state index contributed by atoms with van der Waals surface area (Å²) in [5, 5.41) is 4.07. The number of carbonyl (C=O) groups is 2. The Bertz CT molecular complexity index is 728. The zero-order chi connectivity index (χ0) is 17.8. The summed E-state index contributed by atoms with van der Waals surface area (Å²) in [6.07, 6.45) is 1.81. The van der Waals surface area contributed by atoms with Gasteiger partial charge >= 0.3 is 0 Å². The lowest BCUT2D eigenvalue weighted by atomic mass is 9.97. The number of hydrogen-bond acceptors (Lipinski definition) is 4. The molecule has 0 saturated carbocycles. The van der Waals surface area contributed by atoms with Gasteiger partial charge in [0.15, 0.2) is 0 Å². The molecular weight excluding hydrogens is 334 g/mol. The van der Waals surface area contributed by atoms with Crippen LogP contribution in [0.25, 0.3) is 0 Å². The fourth-order valence-corrected chi connectivity index (χ4v) is 3.87. The predicted octanol–water partition coefficient (Wildman–Crippen LogP) is 2.72. The van der Waals surface area contributed by atoms with Crippen LogP contribution in [-0.4, -0.2) is 36.9 Å².